The first-order valence-corrected chi connectivity index (χ1v) is 9.56. The van der Waals surface area contributed by atoms with Gasteiger partial charge in [-0.3, -0.25) is 10.1 Å². The fourth-order valence-corrected chi connectivity index (χ4v) is 2.74. The lowest BCUT2D eigenvalue weighted by Crippen LogP contribution is -2.28. The third kappa shape index (κ3) is 7.73. The number of ether oxygens (including phenoxy) is 2. The predicted octanol–water partition coefficient (Wildman–Crippen LogP) is 4.00. The van der Waals surface area contributed by atoms with Crippen LogP contribution in [0.5, 0.6) is 5.75 Å². The van der Waals surface area contributed by atoms with E-state index in [2.05, 4.69) is 0 Å². The minimum atomic E-state index is -0.427. The highest BCUT2D eigenvalue weighted by atomic mass is 16.6. The molecule has 0 spiro atoms. The van der Waals surface area contributed by atoms with E-state index in [9.17, 15) is 14.9 Å². The van der Waals surface area contributed by atoms with E-state index >= 15 is 0 Å². The molecule has 2 aromatic rings. The number of hydrogen-bond acceptors (Lipinski definition) is 5. The zero-order valence-corrected chi connectivity index (χ0v) is 16.2. The molecule has 1 aromatic carbocycles. The van der Waals surface area contributed by atoms with Crippen LogP contribution in [-0.4, -0.2) is 24.1 Å². The quantitative estimate of drug-likeness (QED) is 0.181. The van der Waals surface area contributed by atoms with Crippen LogP contribution in [0.1, 0.15) is 48.9 Å². The molecule has 2 rings (SSSR count). The molecule has 0 saturated carbocycles. The molecule has 0 fully saturated rings. The summed E-state index contributed by atoms with van der Waals surface area (Å²) in [6, 6.07) is 9.81. The highest BCUT2D eigenvalue weighted by Crippen LogP contribution is 2.19. The first kappa shape index (κ1) is 21.3. The Bertz CT molecular complexity index is 779. The molecule has 0 aliphatic rings. The zero-order chi connectivity index (χ0) is 20.2. The van der Waals surface area contributed by atoms with Crippen LogP contribution >= 0.6 is 0 Å². The van der Waals surface area contributed by atoms with Gasteiger partial charge >= 0.3 is 5.97 Å². The zero-order valence-electron chi connectivity index (χ0n) is 16.2. The smallest absolute Gasteiger partial charge is 0.344 e. The van der Waals surface area contributed by atoms with Crippen molar-refractivity contribution < 1.29 is 23.8 Å². The molecule has 7 heteroatoms. The normalized spacial score (nSPS) is 10.5. The molecule has 0 saturated heterocycles. The van der Waals surface area contributed by atoms with Crippen molar-refractivity contribution in [3.05, 3.63) is 64.5 Å². The summed E-state index contributed by atoms with van der Waals surface area (Å²) in [5.41, 5.74) is 0.605. The van der Waals surface area contributed by atoms with Crippen molar-refractivity contribution in [3.8, 4) is 5.75 Å². The molecule has 150 valence electrons. The third-order valence-electron chi connectivity index (χ3n) is 4.24. The second-order valence-electron chi connectivity index (χ2n) is 6.62. The highest BCUT2D eigenvalue weighted by Gasteiger charge is 2.10. The average molecular weight is 387 g/mol. The van der Waals surface area contributed by atoms with Gasteiger partial charge in [-0.2, -0.15) is 0 Å². The van der Waals surface area contributed by atoms with Gasteiger partial charge in [0.05, 0.1) is 24.2 Å². The summed E-state index contributed by atoms with van der Waals surface area (Å²) in [5.74, 6) is 0.248. The Labute approximate surface area is 165 Å². The highest BCUT2D eigenvalue weighted by molar-refractivity contribution is 5.88. The molecule has 0 unspecified atom stereocenters. The number of hydrogen-bond donors (Lipinski definition) is 0. The van der Waals surface area contributed by atoms with Gasteiger partial charge in [0.15, 0.2) is 12.4 Å². The average Bonchev–Trinajstić information content (AvgIpc) is 2.69. The van der Waals surface area contributed by atoms with Gasteiger partial charge in [0, 0.05) is 12.1 Å². The van der Waals surface area contributed by atoms with E-state index < -0.39 is 4.92 Å². The third-order valence-corrected chi connectivity index (χ3v) is 4.24. The maximum absolute atomic E-state index is 11.9. The first-order valence-electron chi connectivity index (χ1n) is 9.56. The number of nitrogens with zero attached hydrogens (tertiary/aromatic N) is 2. The number of nitro benzene ring substituents is 1. The van der Waals surface area contributed by atoms with E-state index in [4.69, 9.17) is 9.47 Å². The number of non-ortho nitro benzene ring substituents is 1. The molecule has 0 bridgehead atoms. The number of carbonyl (C=O) groups is 1. The van der Waals surface area contributed by atoms with Crippen molar-refractivity contribution in [2.45, 2.75) is 38.5 Å². The Hall–Kier alpha value is -2.96. The van der Waals surface area contributed by atoms with E-state index in [1.165, 1.54) is 12.1 Å². The molecule has 0 aliphatic heterocycles. The molecule has 0 atom stereocenters. The molecule has 0 radical (unpaired) electrons. The Morgan fingerprint density at radius 3 is 2.46 bits per heavy atom. The van der Waals surface area contributed by atoms with E-state index in [0.29, 0.717) is 24.5 Å². The van der Waals surface area contributed by atoms with Gasteiger partial charge in [0.2, 0.25) is 0 Å². The fourth-order valence-electron chi connectivity index (χ4n) is 2.74. The number of nitro groups is 1. The minimum Gasteiger partial charge on any atom is -0.493 e. The van der Waals surface area contributed by atoms with Gasteiger partial charge in [-0.15, -0.1) is 0 Å². The monoisotopic (exact) mass is 387 g/mol. The van der Waals surface area contributed by atoms with Crippen LogP contribution in [0.15, 0.2) is 48.8 Å². The van der Waals surface area contributed by atoms with E-state index in [1.54, 1.807) is 24.4 Å². The Morgan fingerprint density at radius 2 is 1.75 bits per heavy atom. The second kappa shape index (κ2) is 11.7. The molecule has 28 heavy (non-hydrogen) atoms. The Kier molecular flexibility index (Phi) is 8.91. The molecule has 1 heterocycles. The molecular weight excluding hydrogens is 360 g/mol. The van der Waals surface area contributed by atoms with E-state index in [-0.39, 0.29) is 11.7 Å². The number of rotatable bonds is 12. The van der Waals surface area contributed by atoms with Gasteiger partial charge in [-0.1, -0.05) is 31.7 Å². The van der Waals surface area contributed by atoms with Gasteiger partial charge < -0.3 is 9.47 Å². The van der Waals surface area contributed by atoms with Crippen molar-refractivity contribution in [1.29, 1.82) is 0 Å². The number of benzene rings is 1. The molecule has 0 N–H and O–H groups in total. The molecule has 7 nitrogen and oxygen atoms in total. The lowest BCUT2D eigenvalue weighted by Gasteiger charge is -2.06. The molecule has 0 amide bonds. The summed E-state index contributed by atoms with van der Waals surface area (Å²) in [4.78, 5) is 22.2. The Balaban J connectivity index is 1.47. The van der Waals surface area contributed by atoms with Crippen LogP contribution in [0.4, 0.5) is 5.69 Å². The topological polar surface area (TPSA) is 82.5 Å². The maximum Gasteiger partial charge on any atom is 0.344 e. The van der Waals surface area contributed by atoms with E-state index in [1.807, 2.05) is 23.9 Å². The minimum absolute atomic E-state index is 0.0411. The molecule has 1 aromatic heterocycles. The maximum atomic E-state index is 11.9. The van der Waals surface area contributed by atoms with Crippen LogP contribution in [0, 0.1) is 10.1 Å². The molecular formula is C21H27N2O5+. The summed E-state index contributed by atoms with van der Waals surface area (Å²) in [5, 5.41) is 10.7. The number of carbonyl (C=O) groups excluding carboxylic acids is 1. The van der Waals surface area contributed by atoms with Crippen LogP contribution < -0.4 is 9.30 Å². The number of aryl methyl sites for hydroxylation is 1. The Morgan fingerprint density at radius 1 is 1.04 bits per heavy atom. The van der Waals surface area contributed by atoms with Crippen LogP contribution in [0.3, 0.4) is 0 Å². The summed E-state index contributed by atoms with van der Waals surface area (Å²) in [7, 11) is 1.87. The van der Waals surface area contributed by atoms with Gasteiger partial charge in [0.1, 0.15) is 18.4 Å². The van der Waals surface area contributed by atoms with Crippen LogP contribution in [0.2, 0.25) is 0 Å². The van der Waals surface area contributed by atoms with E-state index in [0.717, 1.165) is 38.5 Å². The number of pyridine rings is 1. The first-order chi connectivity index (χ1) is 13.6. The van der Waals surface area contributed by atoms with Crippen LogP contribution in [-0.2, 0) is 11.8 Å². The van der Waals surface area contributed by atoms with Crippen LogP contribution in [0.25, 0.3) is 0 Å². The number of aromatic nitrogens is 1. The summed E-state index contributed by atoms with van der Waals surface area (Å²) >= 11 is 0. The van der Waals surface area contributed by atoms with Crippen molar-refractivity contribution in [2.24, 2.45) is 7.05 Å². The van der Waals surface area contributed by atoms with Gasteiger partial charge in [-0.25, -0.2) is 9.36 Å². The lowest BCUT2D eigenvalue weighted by atomic mass is 10.1. The van der Waals surface area contributed by atoms with Gasteiger partial charge in [-0.05, 0) is 25.0 Å². The van der Waals surface area contributed by atoms with Crippen molar-refractivity contribution >= 4 is 11.7 Å². The van der Waals surface area contributed by atoms with Gasteiger partial charge in [0.25, 0.3) is 5.69 Å². The van der Waals surface area contributed by atoms with Crippen molar-refractivity contribution in [2.75, 3.05) is 13.2 Å². The predicted molar refractivity (Wildman–Crippen MR) is 104 cm³/mol. The standard InChI is InChI=1S/C21H27N2O5/c1-22-13-9-10-18(17-22)21(24)28-15-7-5-3-2-4-6-14-27-20-12-8-11-19(16-20)23(25)26/h8-13,16-17H,2-7,14-15H2,1H3/q+1. The largest absolute Gasteiger partial charge is 0.493 e. The second-order valence-corrected chi connectivity index (χ2v) is 6.62. The SMILES string of the molecule is C[n+]1cccc(C(=O)OCCCCCCCCOc2cccc([N+](=O)[O-])c2)c1. The number of unbranched alkanes of at least 4 members (excludes halogenated alkanes) is 5. The summed E-state index contributed by atoms with van der Waals surface area (Å²) < 4.78 is 12.7. The number of esters is 1. The van der Waals surface area contributed by atoms with Crippen molar-refractivity contribution in [3.63, 3.8) is 0 Å². The summed E-state index contributed by atoms with van der Waals surface area (Å²) in [6.07, 6.45) is 9.59. The van der Waals surface area contributed by atoms with Crippen molar-refractivity contribution in [1.82, 2.24) is 0 Å². The summed E-state index contributed by atoms with van der Waals surface area (Å²) in [6.45, 7) is 0.987. The lowest BCUT2D eigenvalue weighted by molar-refractivity contribution is -0.671. The fraction of sp³-hybridized carbons (Fsp3) is 0.429. The molecule has 0 aliphatic carbocycles.